The largest absolute Gasteiger partial charge is 0.491 e. The summed E-state index contributed by atoms with van der Waals surface area (Å²) < 4.78 is 6.02. The molecule has 6 nitrogen and oxygen atoms in total. The smallest absolute Gasteiger partial charge is 0.251 e. The summed E-state index contributed by atoms with van der Waals surface area (Å²) in [6, 6.07) is 22.9. The van der Waals surface area contributed by atoms with Gasteiger partial charge in [-0.05, 0) is 47.9 Å². The van der Waals surface area contributed by atoms with Gasteiger partial charge in [0.1, 0.15) is 12.4 Å². The van der Waals surface area contributed by atoms with Crippen molar-refractivity contribution in [2.45, 2.75) is 18.5 Å². The van der Waals surface area contributed by atoms with Crippen LogP contribution in [0, 0.1) is 0 Å². The topological polar surface area (TPSA) is 87.7 Å². The molecule has 31 heavy (non-hydrogen) atoms. The average Bonchev–Trinajstić information content (AvgIpc) is 2.81. The summed E-state index contributed by atoms with van der Waals surface area (Å²) in [7, 11) is 0. The number of aliphatic hydroxyl groups is 1. The van der Waals surface area contributed by atoms with Gasteiger partial charge >= 0.3 is 0 Å². The molecule has 0 saturated heterocycles. The third-order valence-corrected chi connectivity index (χ3v) is 5.25. The van der Waals surface area contributed by atoms with E-state index in [-0.39, 0.29) is 31.1 Å². The van der Waals surface area contributed by atoms with Gasteiger partial charge in [0.15, 0.2) is 0 Å². The number of ether oxygens (including phenoxy) is 1. The molecule has 4 bridgehead atoms. The highest BCUT2D eigenvalue weighted by atomic mass is 16.5. The third kappa shape index (κ3) is 5.10. The zero-order valence-corrected chi connectivity index (χ0v) is 17.0. The lowest BCUT2D eigenvalue weighted by Crippen LogP contribution is -2.39. The molecule has 0 aliphatic carbocycles. The van der Waals surface area contributed by atoms with E-state index in [1.807, 2.05) is 54.6 Å². The number of amides is 2. The summed E-state index contributed by atoms with van der Waals surface area (Å²) in [5.41, 5.74) is 2.60. The summed E-state index contributed by atoms with van der Waals surface area (Å²) in [6.07, 6.45) is 0.457. The van der Waals surface area contributed by atoms with Crippen LogP contribution in [0.4, 0.5) is 0 Å². The first-order chi connectivity index (χ1) is 15.1. The van der Waals surface area contributed by atoms with Crippen molar-refractivity contribution in [3.8, 4) is 5.75 Å². The Kier molecular flexibility index (Phi) is 6.29. The van der Waals surface area contributed by atoms with Gasteiger partial charge in [-0.25, -0.2) is 0 Å². The Morgan fingerprint density at radius 2 is 1.55 bits per heavy atom. The number of nitrogens with one attached hydrogen (secondary N) is 2. The molecule has 0 saturated carbocycles. The van der Waals surface area contributed by atoms with E-state index in [2.05, 4.69) is 10.6 Å². The molecule has 6 heteroatoms. The molecule has 1 aliphatic heterocycles. The summed E-state index contributed by atoms with van der Waals surface area (Å²) in [5, 5.41) is 15.6. The van der Waals surface area contributed by atoms with Crippen molar-refractivity contribution in [3.05, 3.63) is 101 Å². The van der Waals surface area contributed by atoms with Crippen LogP contribution in [0.5, 0.6) is 5.75 Å². The fourth-order valence-corrected chi connectivity index (χ4v) is 3.61. The second-order valence-electron chi connectivity index (χ2n) is 7.53. The minimum Gasteiger partial charge on any atom is -0.491 e. The van der Waals surface area contributed by atoms with Crippen molar-refractivity contribution in [1.29, 1.82) is 0 Å². The maximum absolute atomic E-state index is 13.0. The van der Waals surface area contributed by atoms with Crippen LogP contribution in [-0.2, 0) is 6.42 Å². The Balaban J connectivity index is 1.71. The SMILES string of the molecule is O=C1NC(CO)Cc2cccc(c2)OCC(c2ccccc2)NC(=O)c2cccc1c2. The van der Waals surface area contributed by atoms with Gasteiger partial charge in [0.25, 0.3) is 11.8 Å². The van der Waals surface area contributed by atoms with Crippen molar-refractivity contribution in [2.75, 3.05) is 13.2 Å². The van der Waals surface area contributed by atoms with E-state index in [0.717, 1.165) is 11.1 Å². The van der Waals surface area contributed by atoms with Crippen molar-refractivity contribution in [2.24, 2.45) is 0 Å². The monoisotopic (exact) mass is 416 g/mol. The van der Waals surface area contributed by atoms with Crippen LogP contribution in [0.15, 0.2) is 78.9 Å². The molecule has 4 rings (SSSR count). The van der Waals surface area contributed by atoms with E-state index in [0.29, 0.717) is 23.3 Å². The van der Waals surface area contributed by atoms with Crippen LogP contribution in [0.2, 0.25) is 0 Å². The Morgan fingerprint density at radius 1 is 0.839 bits per heavy atom. The first-order valence-corrected chi connectivity index (χ1v) is 10.2. The summed E-state index contributed by atoms with van der Waals surface area (Å²) >= 11 is 0. The number of benzene rings is 3. The lowest BCUT2D eigenvalue weighted by molar-refractivity contribution is 0.0916. The molecule has 1 aliphatic rings. The third-order valence-electron chi connectivity index (χ3n) is 5.25. The van der Waals surface area contributed by atoms with E-state index >= 15 is 0 Å². The predicted octanol–water partition coefficient (Wildman–Crippen LogP) is 2.88. The molecule has 0 aromatic heterocycles. The molecule has 3 N–H and O–H groups in total. The standard InChI is InChI=1S/C25H24N2O4/c28-15-21-12-17-6-4-11-22(13-17)31-16-23(18-7-2-1-3-8-18)27-25(30)20-10-5-9-19(14-20)24(29)26-21/h1-11,13-14,21,23,28H,12,15-16H2,(H,26,29)(H,27,30). The van der Waals surface area contributed by atoms with Crippen molar-refractivity contribution >= 4 is 11.8 Å². The van der Waals surface area contributed by atoms with Gasteiger partial charge in [0, 0.05) is 11.1 Å². The number of hydrogen-bond donors (Lipinski definition) is 3. The molecule has 2 amide bonds. The van der Waals surface area contributed by atoms with Crippen LogP contribution < -0.4 is 15.4 Å². The maximum Gasteiger partial charge on any atom is 0.251 e. The molecule has 158 valence electrons. The van der Waals surface area contributed by atoms with Crippen molar-refractivity contribution in [1.82, 2.24) is 10.6 Å². The molecule has 1 heterocycles. The van der Waals surface area contributed by atoms with Gasteiger partial charge in [-0.15, -0.1) is 0 Å². The quantitative estimate of drug-likeness (QED) is 0.600. The normalized spacial score (nSPS) is 19.3. The molecule has 3 aromatic carbocycles. The lowest BCUT2D eigenvalue weighted by atomic mass is 10.0. The minimum absolute atomic E-state index is 0.201. The zero-order chi connectivity index (χ0) is 21.6. The zero-order valence-electron chi connectivity index (χ0n) is 17.0. The van der Waals surface area contributed by atoms with E-state index < -0.39 is 6.04 Å². The van der Waals surface area contributed by atoms with Gasteiger partial charge < -0.3 is 20.5 Å². The van der Waals surface area contributed by atoms with Gasteiger partial charge in [0.2, 0.25) is 0 Å². The Bertz CT molecular complexity index is 1070. The van der Waals surface area contributed by atoms with Crippen LogP contribution in [0.25, 0.3) is 0 Å². The number of rotatable bonds is 2. The van der Waals surface area contributed by atoms with E-state index in [9.17, 15) is 14.7 Å². The second-order valence-corrected chi connectivity index (χ2v) is 7.53. The molecule has 2 atom stereocenters. The summed E-state index contributed by atoms with van der Waals surface area (Å²) in [5.74, 6) is 0.0242. The molecular formula is C25H24N2O4. The molecule has 0 radical (unpaired) electrons. The first-order valence-electron chi connectivity index (χ1n) is 10.2. The van der Waals surface area contributed by atoms with Gasteiger partial charge in [-0.1, -0.05) is 48.5 Å². The number of fused-ring (bicyclic) bond motifs is 4. The predicted molar refractivity (Wildman–Crippen MR) is 117 cm³/mol. The van der Waals surface area contributed by atoms with Gasteiger partial charge in [0.05, 0.1) is 18.7 Å². The van der Waals surface area contributed by atoms with Crippen LogP contribution in [0.1, 0.15) is 37.9 Å². The number of carbonyl (C=O) groups is 2. The fraction of sp³-hybridized carbons (Fsp3) is 0.200. The average molecular weight is 416 g/mol. The second kappa shape index (κ2) is 9.45. The summed E-state index contributed by atoms with van der Waals surface area (Å²) in [4.78, 5) is 25.7. The minimum atomic E-state index is -0.456. The highest BCUT2D eigenvalue weighted by Crippen LogP contribution is 2.20. The van der Waals surface area contributed by atoms with Crippen molar-refractivity contribution < 1.29 is 19.4 Å². The van der Waals surface area contributed by atoms with E-state index in [1.54, 1.807) is 24.3 Å². The van der Waals surface area contributed by atoms with Crippen LogP contribution in [0.3, 0.4) is 0 Å². The van der Waals surface area contributed by atoms with Gasteiger partial charge in [-0.2, -0.15) is 0 Å². The molecule has 2 unspecified atom stereocenters. The fourth-order valence-electron chi connectivity index (χ4n) is 3.61. The lowest BCUT2D eigenvalue weighted by Gasteiger charge is -2.20. The Hall–Kier alpha value is -3.64. The van der Waals surface area contributed by atoms with Crippen LogP contribution >= 0.6 is 0 Å². The first kappa shape index (κ1) is 20.6. The molecule has 3 aromatic rings. The number of aliphatic hydroxyl groups excluding tert-OH is 1. The Morgan fingerprint density at radius 3 is 2.29 bits per heavy atom. The number of carbonyl (C=O) groups excluding carboxylic acids is 2. The molecule has 0 spiro atoms. The van der Waals surface area contributed by atoms with Gasteiger partial charge in [-0.3, -0.25) is 9.59 Å². The highest BCUT2D eigenvalue weighted by Gasteiger charge is 2.20. The van der Waals surface area contributed by atoms with E-state index in [1.165, 1.54) is 0 Å². The Labute approximate surface area is 180 Å². The molecule has 0 fully saturated rings. The maximum atomic E-state index is 13.0. The number of hydrogen-bond acceptors (Lipinski definition) is 4. The highest BCUT2D eigenvalue weighted by molar-refractivity contribution is 5.99. The van der Waals surface area contributed by atoms with Crippen molar-refractivity contribution in [3.63, 3.8) is 0 Å². The summed E-state index contributed by atoms with van der Waals surface area (Å²) in [6.45, 7) is 0.0482. The van der Waals surface area contributed by atoms with E-state index in [4.69, 9.17) is 4.74 Å². The van der Waals surface area contributed by atoms with Crippen LogP contribution in [-0.4, -0.2) is 36.2 Å². The molecular weight excluding hydrogens is 392 g/mol.